The van der Waals surface area contributed by atoms with Gasteiger partial charge >= 0.3 is 0 Å². The average Bonchev–Trinajstić information content (AvgIpc) is 2.90. The number of alkyl halides is 1. The molecule has 2 atom stereocenters. The number of rotatable bonds is 2. The van der Waals surface area contributed by atoms with Crippen LogP contribution in [0.3, 0.4) is 0 Å². The summed E-state index contributed by atoms with van der Waals surface area (Å²) in [4.78, 5) is 12.2. The third-order valence-corrected chi connectivity index (χ3v) is 5.70. The molecule has 1 aromatic carbocycles. The van der Waals surface area contributed by atoms with Crippen LogP contribution in [0.25, 0.3) is 11.0 Å². The Labute approximate surface area is 120 Å². The zero-order chi connectivity index (χ0) is 14.3. The van der Waals surface area contributed by atoms with Crippen LogP contribution < -0.4 is 5.32 Å². The Hall–Kier alpha value is -1.53. The molecule has 0 aliphatic carbocycles. The first-order valence-corrected chi connectivity index (χ1v) is 8.34. The fraction of sp³-hybridized carbons (Fsp3) is 0.308. The van der Waals surface area contributed by atoms with Crippen LogP contribution >= 0.6 is 11.6 Å². The summed E-state index contributed by atoms with van der Waals surface area (Å²) in [6, 6.07) is 6.58. The molecule has 0 radical (unpaired) electrons. The van der Waals surface area contributed by atoms with E-state index in [1.54, 1.807) is 18.2 Å². The number of hydrogen-bond acceptors (Lipinski definition) is 4. The maximum absolute atomic E-state index is 12.2. The molecule has 7 heteroatoms. The smallest absolute Gasteiger partial charge is 0.255 e. The maximum atomic E-state index is 12.2. The second-order valence-electron chi connectivity index (χ2n) is 4.82. The molecule has 20 heavy (non-hydrogen) atoms. The SMILES string of the molecule is O=C(NC1CS(=O)(=O)CC1Cl)c1coc2ccccc12. The largest absolute Gasteiger partial charge is 0.463 e. The predicted octanol–water partition coefficient (Wildman–Crippen LogP) is 1.57. The van der Waals surface area contributed by atoms with Crippen molar-refractivity contribution in [3.8, 4) is 0 Å². The lowest BCUT2D eigenvalue weighted by Gasteiger charge is -2.13. The molecule has 0 saturated carbocycles. The van der Waals surface area contributed by atoms with Gasteiger partial charge in [0, 0.05) is 5.39 Å². The highest BCUT2D eigenvalue weighted by molar-refractivity contribution is 7.91. The van der Waals surface area contributed by atoms with Crippen molar-refractivity contribution < 1.29 is 17.6 Å². The van der Waals surface area contributed by atoms with E-state index in [0.29, 0.717) is 16.5 Å². The van der Waals surface area contributed by atoms with Crippen molar-refractivity contribution in [2.75, 3.05) is 11.5 Å². The van der Waals surface area contributed by atoms with Gasteiger partial charge < -0.3 is 9.73 Å². The summed E-state index contributed by atoms with van der Waals surface area (Å²) >= 11 is 5.97. The molecule has 3 rings (SSSR count). The zero-order valence-corrected chi connectivity index (χ0v) is 11.9. The second kappa shape index (κ2) is 4.79. The highest BCUT2D eigenvalue weighted by Gasteiger charge is 2.37. The Morgan fingerprint density at radius 2 is 2.05 bits per heavy atom. The van der Waals surface area contributed by atoms with E-state index in [-0.39, 0.29) is 17.4 Å². The molecule has 5 nitrogen and oxygen atoms in total. The first kappa shape index (κ1) is 13.5. The number of fused-ring (bicyclic) bond motifs is 1. The molecular formula is C13H12ClNO4S. The lowest BCUT2D eigenvalue weighted by Crippen LogP contribution is -2.40. The van der Waals surface area contributed by atoms with Crippen molar-refractivity contribution in [1.82, 2.24) is 5.32 Å². The van der Waals surface area contributed by atoms with E-state index in [2.05, 4.69) is 5.32 Å². The van der Waals surface area contributed by atoms with Gasteiger partial charge in [-0.2, -0.15) is 0 Å². The molecule has 106 valence electrons. The quantitative estimate of drug-likeness (QED) is 0.854. The molecule has 2 aromatic rings. The van der Waals surface area contributed by atoms with Gasteiger partial charge in [0.15, 0.2) is 9.84 Å². The van der Waals surface area contributed by atoms with Crippen LogP contribution in [0.5, 0.6) is 0 Å². The van der Waals surface area contributed by atoms with Crippen LogP contribution in [0.4, 0.5) is 0 Å². The fourth-order valence-electron chi connectivity index (χ4n) is 2.34. The normalized spacial score (nSPS) is 24.9. The lowest BCUT2D eigenvalue weighted by atomic mass is 10.1. The van der Waals surface area contributed by atoms with Gasteiger partial charge in [-0.25, -0.2) is 8.42 Å². The summed E-state index contributed by atoms with van der Waals surface area (Å²) in [5.74, 6) is -0.600. The number of carbonyl (C=O) groups excluding carboxylic acids is 1. The molecular weight excluding hydrogens is 302 g/mol. The molecule has 2 unspecified atom stereocenters. The van der Waals surface area contributed by atoms with Gasteiger partial charge in [0.25, 0.3) is 5.91 Å². The van der Waals surface area contributed by atoms with Crippen LogP contribution in [-0.2, 0) is 9.84 Å². The van der Waals surface area contributed by atoms with Crippen LogP contribution in [0.2, 0.25) is 0 Å². The van der Waals surface area contributed by atoms with Gasteiger partial charge in [-0.05, 0) is 6.07 Å². The van der Waals surface area contributed by atoms with Crippen molar-refractivity contribution in [2.24, 2.45) is 0 Å². The molecule has 1 aliphatic heterocycles. The number of halogens is 1. The van der Waals surface area contributed by atoms with Gasteiger partial charge in [-0.1, -0.05) is 18.2 Å². The first-order valence-electron chi connectivity index (χ1n) is 6.08. The van der Waals surface area contributed by atoms with Gasteiger partial charge in [0.05, 0.1) is 28.5 Å². The Bertz CT molecular complexity index is 768. The molecule has 1 aliphatic rings. The van der Waals surface area contributed by atoms with Crippen LogP contribution in [-0.4, -0.2) is 37.2 Å². The van der Waals surface area contributed by atoms with Crippen molar-refractivity contribution in [1.29, 1.82) is 0 Å². The first-order chi connectivity index (χ1) is 9.46. The molecule has 1 aromatic heterocycles. The summed E-state index contributed by atoms with van der Waals surface area (Å²) in [5, 5.41) is 2.77. The minimum absolute atomic E-state index is 0.106. The number of para-hydroxylation sites is 1. The predicted molar refractivity (Wildman–Crippen MR) is 75.8 cm³/mol. The molecule has 1 fully saturated rings. The summed E-state index contributed by atoms with van der Waals surface area (Å²) < 4.78 is 28.2. The number of hydrogen-bond donors (Lipinski definition) is 1. The van der Waals surface area contributed by atoms with Gasteiger partial charge in [0.2, 0.25) is 0 Å². The van der Waals surface area contributed by atoms with E-state index >= 15 is 0 Å². The lowest BCUT2D eigenvalue weighted by molar-refractivity contribution is 0.0942. The minimum Gasteiger partial charge on any atom is -0.463 e. The number of carbonyl (C=O) groups is 1. The summed E-state index contributed by atoms with van der Waals surface area (Å²) in [5.41, 5.74) is 0.993. The van der Waals surface area contributed by atoms with Crippen molar-refractivity contribution in [3.05, 3.63) is 36.1 Å². The van der Waals surface area contributed by atoms with Crippen molar-refractivity contribution in [2.45, 2.75) is 11.4 Å². The topological polar surface area (TPSA) is 76.4 Å². The van der Waals surface area contributed by atoms with Gasteiger partial charge in [-0.15, -0.1) is 11.6 Å². The Morgan fingerprint density at radius 3 is 2.75 bits per heavy atom. The van der Waals surface area contributed by atoms with Gasteiger partial charge in [0.1, 0.15) is 11.8 Å². The standard InChI is InChI=1S/C13H12ClNO4S/c14-10-6-20(17,18)7-11(10)15-13(16)9-5-19-12-4-2-1-3-8(9)12/h1-5,10-11H,6-7H2,(H,15,16). The van der Waals surface area contributed by atoms with E-state index in [1.165, 1.54) is 6.26 Å². The van der Waals surface area contributed by atoms with Crippen molar-refractivity contribution in [3.63, 3.8) is 0 Å². The molecule has 2 heterocycles. The molecule has 0 bridgehead atoms. The average molecular weight is 314 g/mol. The van der Waals surface area contributed by atoms with E-state index in [4.69, 9.17) is 16.0 Å². The van der Waals surface area contributed by atoms with E-state index < -0.39 is 21.3 Å². The third kappa shape index (κ3) is 2.41. The monoisotopic (exact) mass is 313 g/mol. The zero-order valence-electron chi connectivity index (χ0n) is 10.4. The Kier molecular flexibility index (Phi) is 3.22. The van der Waals surface area contributed by atoms with Crippen molar-refractivity contribution >= 4 is 38.3 Å². The Morgan fingerprint density at radius 1 is 1.30 bits per heavy atom. The summed E-state index contributed by atoms with van der Waals surface area (Å²) in [7, 11) is -3.17. The van der Waals surface area contributed by atoms with Crippen LogP contribution in [0.15, 0.2) is 34.9 Å². The Balaban J connectivity index is 1.84. The summed E-state index contributed by atoms with van der Waals surface area (Å²) in [6.45, 7) is 0. The maximum Gasteiger partial charge on any atom is 0.255 e. The van der Waals surface area contributed by atoms with Crippen LogP contribution in [0.1, 0.15) is 10.4 Å². The van der Waals surface area contributed by atoms with E-state index in [1.807, 2.05) is 6.07 Å². The molecule has 0 spiro atoms. The third-order valence-electron chi connectivity index (χ3n) is 3.33. The molecule has 1 amide bonds. The summed E-state index contributed by atoms with van der Waals surface area (Å²) in [6.07, 6.45) is 1.37. The molecule has 1 saturated heterocycles. The fourth-order valence-corrected chi connectivity index (χ4v) is 4.89. The van der Waals surface area contributed by atoms with Crippen LogP contribution in [0, 0.1) is 0 Å². The van der Waals surface area contributed by atoms with Gasteiger partial charge in [-0.3, -0.25) is 4.79 Å². The molecule has 1 N–H and O–H groups in total. The highest BCUT2D eigenvalue weighted by atomic mass is 35.5. The number of sulfone groups is 1. The highest BCUT2D eigenvalue weighted by Crippen LogP contribution is 2.22. The second-order valence-corrected chi connectivity index (χ2v) is 7.53. The number of benzene rings is 1. The van der Waals surface area contributed by atoms with E-state index in [0.717, 1.165) is 0 Å². The minimum atomic E-state index is -3.17. The number of nitrogens with one attached hydrogen (secondary N) is 1. The number of furan rings is 1. The number of amides is 1. The van der Waals surface area contributed by atoms with E-state index in [9.17, 15) is 13.2 Å².